The van der Waals surface area contributed by atoms with E-state index in [0.717, 1.165) is 18.4 Å². The molecule has 1 aliphatic carbocycles. The fourth-order valence-corrected chi connectivity index (χ4v) is 2.32. The number of halogens is 3. The molecule has 1 saturated carbocycles. The minimum Gasteiger partial charge on any atom is -0.366 e. The highest BCUT2D eigenvalue weighted by atomic mass is 19.4. The quantitative estimate of drug-likeness (QED) is 0.936. The van der Waals surface area contributed by atoms with Gasteiger partial charge in [0.2, 0.25) is 0 Å². The summed E-state index contributed by atoms with van der Waals surface area (Å²) in [6, 6.07) is 1.21. The lowest BCUT2D eigenvalue weighted by atomic mass is 10.1. The molecule has 1 atom stereocenters. The van der Waals surface area contributed by atoms with Gasteiger partial charge in [-0.3, -0.25) is 0 Å². The first-order valence-electron chi connectivity index (χ1n) is 6.61. The monoisotopic (exact) mass is 284 g/mol. The Hall–Kier alpha value is -1.79. The van der Waals surface area contributed by atoms with Gasteiger partial charge in [-0.05, 0) is 19.3 Å². The van der Waals surface area contributed by atoms with Crippen LogP contribution in [0.5, 0.6) is 0 Å². The van der Waals surface area contributed by atoms with Crippen LogP contribution in [-0.2, 0) is 6.18 Å². The summed E-state index contributed by atoms with van der Waals surface area (Å²) < 4.78 is 39.3. The number of anilines is 1. The van der Waals surface area contributed by atoms with E-state index in [9.17, 15) is 13.2 Å². The van der Waals surface area contributed by atoms with Gasteiger partial charge in [0.1, 0.15) is 5.52 Å². The fraction of sp³-hybridized carbons (Fsp3) is 0.538. The van der Waals surface area contributed by atoms with Gasteiger partial charge in [-0.15, -0.1) is 0 Å². The summed E-state index contributed by atoms with van der Waals surface area (Å²) in [7, 11) is 0. The molecular weight excluding hydrogens is 269 g/mol. The van der Waals surface area contributed by atoms with Gasteiger partial charge >= 0.3 is 6.18 Å². The number of alkyl halides is 3. The predicted molar refractivity (Wildman–Crippen MR) is 68.4 cm³/mol. The van der Waals surface area contributed by atoms with E-state index in [0.29, 0.717) is 11.3 Å². The maximum atomic E-state index is 12.7. The zero-order valence-electron chi connectivity index (χ0n) is 11.0. The molecule has 108 valence electrons. The Morgan fingerprint density at radius 1 is 1.45 bits per heavy atom. The molecule has 2 heterocycles. The van der Waals surface area contributed by atoms with Crippen LogP contribution in [0.3, 0.4) is 0 Å². The van der Waals surface area contributed by atoms with Gasteiger partial charge in [-0.25, -0.2) is 9.50 Å². The molecule has 0 radical (unpaired) electrons. The second kappa shape index (κ2) is 4.64. The van der Waals surface area contributed by atoms with Crippen LogP contribution in [0.4, 0.5) is 19.0 Å². The van der Waals surface area contributed by atoms with Crippen molar-refractivity contribution in [1.82, 2.24) is 14.6 Å². The molecule has 0 aromatic carbocycles. The van der Waals surface area contributed by atoms with E-state index in [1.807, 2.05) is 6.92 Å². The van der Waals surface area contributed by atoms with E-state index >= 15 is 0 Å². The highest BCUT2D eigenvalue weighted by Gasteiger charge is 2.34. The lowest BCUT2D eigenvalue weighted by Gasteiger charge is -2.14. The minimum absolute atomic E-state index is 0.186. The average molecular weight is 284 g/mol. The van der Waals surface area contributed by atoms with Crippen molar-refractivity contribution >= 4 is 11.3 Å². The Balaban J connectivity index is 1.87. The van der Waals surface area contributed by atoms with Crippen LogP contribution < -0.4 is 5.32 Å². The number of rotatable bonds is 4. The molecule has 1 unspecified atom stereocenters. The Kier molecular flexibility index (Phi) is 3.07. The largest absolute Gasteiger partial charge is 0.435 e. The lowest BCUT2D eigenvalue weighted by Crippen LogP contribution is -2.17. The molecule has 0 spiro atoms. The highest BCUT2D eigenvalue weighted by molar-refractivity contribution is 5.68. The number of fused-ring (bicyclic) bond motifs is 1. The summed E-state index contributed by atoms with van der Waals surface area (Å²) in [5, 5.41) is 6.72. The molecule has 1 aliphatic rings. The van der Waals surface area contributed by atoms with Crippen LogP contribution >= 0.6 is 0 Å². The molecule has 0 saturated heterocycles. The molecular formula is C13H15F3N4. The number of nitrogens with zero attached hydrogens (tertiary/aromatic N) is 3. The molecule has 2 aromatic rings. The minimum atomic E-state index is -4.44. The van der Waals surface area contributed by atoms with Gasteiger partial charge in [0, 0.05) is 24.5 Å². The van der Waals surface area contributed by atoms with Gasteiger partial charge in [0.15, 0.2) is 11.5 Å². The Morgan fingerprint density at radius 2 is 2.20 bits per heavy atom. The van der Waals surface area contributed by atoms with Crippen LogP contribution in [-0.4, -0.2) is 20.6 Å². The maximum Gasteiger partial charge on any atom is 0.435 e. The molecule has 3 rings (SSSR count). The summed E-state index contributed by atoms with van der Waals surface area (Å²) in [4.78, 5) is 4.13. The van der Waals surface area contributed by atoms with Crippen molar-refractivity contribution in [3.63, 3.8) is 0 Å². The Bertz CT molecular complexity index is 616. The van der Waals surface area contributed by atoms with Crippen LogP contribution in [0.1, 0.15) is 31.9 Å². The summed E-state index contributed by atoms with van der Waals surface area (Å²) in [5.41, 5.74) is -0.550. The normalized spacial score (nSPS) is 17.4. The average Bonchev–Trinajstić information content (AvgIpc) is 3.03. The van der Waals surface area contributed by atoms with Gasteiger partial charge in [-0.1, -0.05) is 12.8 Å². The molecule has 0 bridgehead atoms. The zero-order chi connectivity index (χ0) is 14.3. The number of hydrogen-bond donors (Lipinski definition) is 1. The first-order valence-corrected chi connectivity index (χ1v) is 6.61. The topological polar surface area (TPSA) is 42.2 Å². The lowest BCUT2D eigenvalue weighted by molar-refractivity contribution is -0.141. The number of aromatic nitrogens is 3. The van der Waals surface area contributed by atoms with Gasteiger partial charge < -0.3 is 5.32 Å². The van der Waals surface area contributed by atoms with Crippen molar-refractivity contribution in [3.8, 4) is 0 Å². The van der Waals surface area contributed by atoms with E-state index in [-0.39, 0.29) is 6.04 Å². The van der Waals surface area contributed by atoms with Crippen molar-refractivity contribution < 1.29 is 13.2 Å². The van der Waals surface area contributed by atoms with Crippen LogP contribution in [0, 0.1) is 5.92 Å². The van der Waals surface area contributed by atoms with Crippen LogP contribution in [0.15, 0.2) is 18.5 Å². The van der Waals surface area contributed by atoms with Crippen molar-refractivity contribution in [1.29, 1.82) is 0 Å². The van der Waals surface area contributed by atoms with Gasteiger partial charge in [0.05, 0.1) is 0 Å². The second-order valence-electron chi connectivity index (χ2n) is 5.36. The number of nitrogens with one attached hydrogen (secondary N) is 1. The smallest absolute Gasteiger partial charge is 0.366 e. The first-order chi connectivity index (χ1) is 9.43. The van der Waals surface area contributed by atoms with E-state index in [2.05, 4.69) is 15.4 Å². The van der Waals surface area contributed by atoms with E-state index in [1.165, 1.54) is 29.8 Å². The third kappa shape index (κ3) is 2.71. The van der Waals surface area contributed by atoms with E-state index in [1.54, 1.807) is 0 Å². The van der Waals surface area contributed by atoms with Crippen molar-refractivity contribution in [3.05, 3.63) is 24.2 Å². The third-order valence-corrected chi connectivity index (χ3v) is 3.45. The van der Waals surface area contributed by atoms with Gasteiger partial charge in [0.25, 0.3) is 0 Å². The fourth-order valence-electron chi connectivity index (χ4n) is 2.32. The zero-order valence-corrected chi connectivity index (χ0v) is 11.0. The summed E-state index contributed by atoms with van der Waals surface area (Å²) in [6.07, 6.45) is 1.93. The molecule has 7 heteroatoms. The number of hydrogen-bond acceptors (Lipinski definition) is 3. The third-order valence-electron chi connectivity index (χ3n) is 3.45. The van der Waals surface area contributed by atoms with E-state index < -0.39 is 11.9 Å². The Labute approximate surface area is 114 Å². The molecule has 1 N–H and O–H groups in total. The molecule has 0 aliphatic heterocycles. The van der Waals surface area contributed by atoms with Gasteiger partial charge in [-0.2, -0.15) is 18.3 Å². The summed E-state index contributed by atoms with van der Waals surface area (Å²) in [6.45, 7) is 2.02. The Morgan fingerprint density at radius 3 is 2.85 bits per heavy atom. The predicted octanol–water partition coefficient (Wildman–Crippen LogP) is 3.35. The van der Waals surface area contributed by atoms with Crippen LogP contribution in [0.2, 0.25) is 0 Å². The van der Waals surface area contributed by atoms with E-state index in [4.69, 9.17) is 0 Å². The maximum absolute atomic E-state index is 12.7. The molecule has 4 nitrogen and oxygen atoms in total. The van der Waals surface area contributed by atoms with Crippen molar-refractivity contribution in [2.24, 2.45) is 5.92 Å². The standard InChI is InChI=1S/C13H15F3N4/c1-8(6-9-2-3-9)18-12-10-7-11(13(14,15)16)19-20(10)5-4-17-12/h4-5,7-9H,2-3,6H2,1H3,(H,17,18). The SMILES string of the molecule is CC(CC1CC1)Nc1nccn2nc(C(F)(F)F)cc12. The van der Waals surface area contributed by atoms with Crippen LogP contribution in [0.25, 0.3) is 5.52 Å². The molecule has 0 amide bonds. The molecule has 1 fully saturated rings. The second-order valence-corrected chi connectivity index (χ2v) is 5.36. The molecule has 2 aromatic heterocycles. The summed E-state index contributed by atoms with van der Waals surface area (Å²) >= 11 is 0. The summed E-state index contributed by atoms with van der Waals surface area (Å²) in [5.74, 6) is 1.19. The highest BCUT2D eigenvalue weighted by Crippen LogP contribution is 2.34. The molecule has 20 heavy (non-hydrogen) atoms. The van der Waals surface area contributed by atoms with Crippen molar-refractivity contribution in [2.45, 2.75) is 38.4 Å². The van der Waals surface area contributed by atoms with Crippen molar-refractivity contribution in [2.75, 3.05) is 5.32 Å². The first kappa shape index (κ1) is 13.2.